The summed E-state index contributed by atoms with van der Waals surface area (Å²) in [5.41, 5.74) is 0.610. The number of nitrogens with one attached hydrogen (secondary N) is 2. The molecule has 1 aliphatic carbocycles. The molecule has 1 aliphatic heterocycles. The first kappa shape index (κ1) is 13.0. The molecule has 6 nitrogen and oxygen atoms in total. The van der Waals surface area contributed by atoms with Gasteiger partial charge in [-0.1, -0.05) is 19.8 Å². The highest BCUT2D eigenvalue weighted by Crippen LogP contribution is 2.32. The molecular formula is C15H21N5O. The van der Waals surface area contributed by atoms with Crippen molar-refractivity contribution in [1.82, 2.24) is 25.1 Å². The number of hydrogen-bond acceptors (Lipinski definition) is 4. The monoisotopic (exact) mass is 287 g/mol. The first-order valence-electron chi connectivity index (χ1n) is 7.86. The van der Waals surface area contributed by atoms with Crippen LogP contribution in [0.2, 0.25) is 0 Å². The molecule has 2 fully saturated rings. The van der Waals surface area contributed by atoms with E-state index >= 15 is 0 Å². The van der Waals surface area contributed by atoms with E-state index in [-0.39, 0.29) is 11.0 Å². The van der Waals surface area contributed by atoms with Crippen LogP contribution in [0.25, 0.3) is 11.0 Å². The number of hydrogen-bond donors (Lipinski definition) is 2. The van der Waals surface area contributed by atoms with Gasteiger partial charge in [-0.15, -0.1) is 0 Å². The Balaban J connectivity index is 1.87. The number of fused-ring (bicyclic) bond motifs is 1. The maximum atomic E-state index is 12.4. The van der Waals surface area contributed by atoms with E-state index in [2.05, 4.69) is 22.3 Å². The first-order chi connectivity index (χ1) is 10.2. The van der Waals surface area contributed by atoms with E-state index in [4.69, 9.17) is 4.98 Å². The van der Waals surface area contributed by atoms with E-state index in [0.717, 1.165) is 43.8 Å². The summed E-state index contributed by atoms with van der Waals surface area (Å²) in [7, 11) is 0. The molecule has 0 unspecified atom stereocenters. The van der Waals surface area contributed by atoms with Gasteiger partial charge in [0.25, 0.3) is 5.56 Å². The third kappa shape index (κ3) is 2.00. The van der Waals surface area contributed by atoms with E-state index in [0.29, 0.717) is 11.4 Å². The number of nitrogens with zero attached hydrogens (tertiary/aromatic N) is 3. The minimum absolute atomic E-state index is 0.0626. The van der Waals surface area contributed by atoms with Crippen molar-refractivity contribution in [3.05, 3.63) is 22.4 Å². The summed E-state index contributed by atoms with van der Waals surface area (Å²) in [6.07, 6.45) is 7.42. The van der Waals surface area contributed by atoms with Gasteiger partial charge in [-0.3, -0.25) is 4.79 Å². The lowest BCUT2D eigenvalue weighted by atomic mass is 9.89. The molecule has 0 aromatic carbocycles. The molecule has 6 heteroatoms. The molecule has 2 aromatic rings. The fraction of sp³-hybridized carbons (Fsp3) is 0.667. The van der Waals surface area contributed by atoms with Gasteiger partial charge in [0.05, 0.1) is 12.2 Å². The number of aromatic amines is 1. The molecule has 21 heavy (non-hydrogen) atoms. The van der Waals surface area contributed by atoms with Gasteiger partial charge in [0.15, 0.2) is 5.65 Å². The molecule has 3 heterocycles. The quantitative estimate of drug-likeness (QED) is 0.877. The van der Waals surface area contributed by atoms with E-state index in [1.54, 1.807) is 6.20 Å². The Morgan fingerprint density at radius 3 is 2.90 bits per heavy atom. The second kappa shape index (κ2) is 4.66. The predicted octanol–water partition coefficient (Wildman–Crippen LogP) is 1.49. The van der Waals surface area contributed by atoms with Crippen LogP contribution in [0.5, 0.6) is 0 Å². The molecule has 1 saturated carbocycles. The van der Waals surface area contributed by atoms with Crippen LogP contribution in [0.1, 0.15) is 50.9 Å². The van der Waals surface area contributed by atoms with Gasteiger partial charge in [-0.05, 0) is 25.8 Å². The maximum Gasteiger partial charge on any atom is 0.262 e. The Morgan fingerprint density at radius 2 is 2.19 bits per heavy atom. The van der Waals surface area contributed by atoms with Gasteiger partial charge in [0, 0.05) is 12.0 Å². The van der Waals surface area contributed by atoms with Gasteiger partial charge in [-0.2, -0.15) is 5.10 Å². The lowest BCUT2D eigenvalue weighted by molar-refractivity contribution is 0.467. The van der Waals surface area contributed by atoms with Crippen LogP contribution in [-0.2, 0) is 5.41 Å². The van der Waals surface area contributed by atoms with Gasteiger partial charge < -0.3 is 10.3 Å². The SMILES string of the molecule is C[C@]1(c2nc3c(cnn3C3CCCC3)c(=O)[nH]2)CCNC1. The normalized spacial score (nSPS) is 26.9. The Kier molecular flexibility index (Phi) is 2.89. The average Bonchev–Trinajstić information content (AvgIpc) is 3.17. The van der Waals surface area contributed by atoms with Crippen molar-refractivity contribution in [2.24, 2.45) is 0 Å². The highest BCUT2D eigenvalue weighted by molar-refractivity contribution is 5.73. The summed E-state index contributed by atoms with van der Waals surface area (Å²) in [6.45, 7) is 3.99. The minimum Gasteiger partial charge on any atom is -0.316 e. The van der Waals surface area contributed by atoms with Crippen LogP contribution in [0.4, 0.5) is 0 Å². The third-order valence-corrected chi connectivity index (χ3v) is 5.07. The Morgan fingerprint density at radius 1 is 1.38 bits per heavy atom. The molecule has 1 saturated heterocycles. The van der Waals surface area contributed by atoms with E-state index in [9.17, 15) is 4.79 Å². The second-order valence-corrected chi connectivity index (χ2v) is 6.67. The average molecular weight is 287 g/mol. The molecule has 0 bridgehead atoms. The van der Waals surface area contributed by atoms with Crippen molar-refractivity contribution in [3.8, 4) is 0 Å². The molecule has 1 atom stereocenters. The van der Waals surface area contributed by atoms with E-state index in [1.807, 2.05) is 4.68 Å². The zero-order chi connectivity index (χ0) is 14.4. The Hall–Kier alpha value is -1.69. The lowest BCUT2D eigenvalue weighted by Crippen LogP contribution is -2.30. The van der Waals surface area contributed by atoms with Crippen LogP contribution < -0.4 is 10.9 Å². The topological polar surface area (TPSA) is 75.6 Å². The number of H-pyrrole nitrogens is 1. The van der Waals surface area contributed by atoms with Gasteiger partial charge in [0.2, 0.25) is 0 Å². The minimum atomic E-state index is -0.0852. The fourth-order valence-corrected chi connectivity index (χ4v) is 3.66. The standard InChI is InChI=1S/C15H21N5O/c1-15(6-7-16-9-15)14-18-12-11(13(21)19-14)8-17-20(12)10-4-2-3-5-10/h8,10,16H,2-7,9H2,1H3,(H,18,19,21)/t15-/m0/s1. The number of rotatable bonds is 2. The predicted molar refractivity (Wildman–Crippen MR) is 80.5 cm³/mol. The van der Waals surface area contributed by atoms with Crippen LogP contribution in [0, 0.1) is 0 Å². The lowest BCUT2D eigenvalue weighted by Gasteiger charge is -2.21. The van der Waals surface area contributed by atoms with Crippen molar-refractivity contribution in [3.63, 3.8) is 0 Å². The first-order valence-corrected chi connectivity index (χ1v) is 7.86. The molecule has 4 rings (SSSR count). The number of aromatic nitrogens is 4. The molecular weight excluding hydrogens is 266 g/mol. The zero-order valence-corrected chi connectivity index (χ0v) is 12.4. The molecule has 0 spiro atoms. The highest BCUT2D eigenvalue weighted by Gasteiger charge is 2.34. The second-order valence-electron chi connectivity index (χ2n) is 6.67. The third-order valence-electron chi connectivity index (χ3n) is 5.07. The Labute approximate surface area is 123 Å². The molecule has 0 radical (unpaired) electrons. The van der Waals surface area contributed by atoms with E-state index < -0.39 is 0 Å². The summed E-state index contributed by atoms with van der Waals surface area (Å²) >= 11 is 0. The van der Waals surface area contributed by atoms with Gasteiger partial charge >= 0.3 is 0 Å². The van der Waals surface area contributed by atoms with Crippen LogP contribution in [0.3, 0.4) is 0 Å². The molecule has 112 valence electrons. The summed E-state index contributed by atoms with van der Waals surface area (Å²) in [4.78, 5) is 20.1. The van der Waals surface area contributed by atoms with Crippen molar-refractivity contribution in [2.45, 2.75) is 50.5 Å². The van der Waals surface area contributed by atoms with Crippen molar-refractivity contribution in [1.29, 1.82) is 0 Å². The highest BCUT2D eigenvalue weighted by atomic mass is 16.1. The summed E-state index contributed by atoms with van der Waals surface area (Å²) in [5, 5.41) is 8.42. The van der Waals surface area contributed by atoms with Gasteiger partial charge in [-0.25, -0.2) is 9.67 Å². The van der Waals surface area contributed by atoms with Crippen molar-refractivity contribution < 1.29 is 0 Å². The Bertz CT molecular complexity index is 719. The smallest absolute Gasteiger partial charge is 0.262 e. The maximum absolute atomic E-state index is 12.4. The van der Waals surface area contributed by atoms with Gasteiger partial charge in [0.1, 0.15) is 11.2 Å². The largest absolute Gasteiger partial charge is 0.316 e. The van der Waals surface area contributed by atoms with Crippen LogP contribution >= 0.6 is 0 Å². The molecule has 0 amide bonds. The molecule has 2 aromatic heterocycles. The zero-order valence-electron chi connectivity index (χ0n) is 12.4. The summed E-state index contributed by atoms with van der Waals surface area (Å²) in [6, 6.07) is 0.402. The van der Waals surface area contributed by atoms with Crippen LogP contribution in [0.15, 0.2) is 11.0 Å². The van der Waals surface area contributed by atoms with Crippen molar-refractivity contribution in [2.75, 3.05) is 13.1 Å². The molecule has 2 N–H and O–H groups in total. The van der Waals surface area contributed by atoms with Crippen molar-refractivity contribution >= 4 is 11.0 Å². The fourth-order valence-electron chi connectivity index (χ4n) is 3.66. The summed E-state index contributed by atoms with van der Waals surface area (Å²) in [5.74, 6) is 0.796. The molecule has 2 aliphatic rings. The van der Waals surface area contributed by atoms with Crippen LogP contribution in [-0.4, -0.2) is 32.8 Å². The van der Waals surface area contributed by atoms with E-state index in [1.165, 1.54) is 12.8 Å². The summed E-state index contributed by atoms with van der Waals surface area (Å²) < 4.78 is 1.98.